The van der Waals surface area contributed by atoms with Gasteiger partial charge in [-0.1, -0.05) is 36.4 Å². The lowest BCUT2D eigenvalue weighted by Gasteiger charge is -2.31. The third kappa shape index (κ3) is 3.83. The Hall–Kier alpha value is -2.80. The van der Waals surface area contributed by atoms with Crippen molar-refractivity contribution in [3.05, 3.63) is 76.8 Å². The van der Waals surface area contributed by atoms with Crippen LogP contribution in [0.15, 0.2) is 60.8 Å². The molecule has 1 atom stereocenters. The molecule has 5 nitrogen and oxygen atoms in total. The number of likely N-dealkylation sites (N-methyl/N-ethyl adjacent to an activating group) is 1. The second-order valence-electron chi connectivity index (χ2n) is 8.11. The maximum absolute atomic E-state index is 13.7. The fraction of sp³-hybridized carbons (Fsp3) is 0.280. The van der Waals surface area contributed by atoms with Crippen molar-refractivity contribution in [3.8, 4) is 0 Å². The maximum Gasteiger partial charge on any atom is 0.264 e. The van der Waals surface area contributed by atoms with Crippen molar-refractivity contribution in [2.24, 2.45) is 0 Å². The quantitative estimate of drug-likeness (QED) is 0.469. The van der Waals surface area contributed by atoms with Crippen molar-refractivity contribution in [1.29, 1.82) is 0 Å². The second-order valence-corrected chi connectivity index (χ2v) is 9.16. The number of carbonyl (C=O) groups is 1. The smallest absolute Gasteiger partial charge is 0.264 e. The second kappa shape index (κ2) is 8.38. The zero-order valence-corrected chi connectivity index (χ0v) is 18.6. The SMILES string of the molecule is CN1CCO[C@H](c2c(C(=O)N(C)Cc3cccc4ncccc34)sc3ccccc23)C1. The highest BCUT2D eigenvalue weighted by Crippen LogP contribution is 2.38. The van der Waals surface area contributed by atoms with E-state index in [1.165, 1.54) is 0 Å². The first-order valence-electron chi connectivity index (χ1n) is 10.5. The molecule has 1 aliphatic rings. The van der Waals surface area contributed by atoms with E-state index in [0.717, 1.165) is 50.1 Å². The highest BCUT2D eigenvalue weighted by molar-refractivity contribution is 7.21. The summed E-state index contributed by atoms with van der Waals surface area (Å²) in [5, 5.41) is 2.21. The van der Waals surface area contributed by atoms with E-state index < -0.39 is 0 Å². The molecule has 0 radical (unpaired) electrons. The van der Waals surface area contributed by atoms with Crippen molar-refractivity contribution in [1.82, 2.24) is 14.8 Å². The fourth-order valence-corrected chi connectivity index (χ4v) is 5.55. The highest BCUT2D eigenvalue weighted by Gasteiger charge is 2.30. The average molecular weight is 432 g/mol. The molecule has 2 aromatic heterocycles. The number of ether oxygens (including phenoxy) is 1. The minimum absolute atomic E-state index is 0.0360. The zero-order valence-electron chi connectivity index (χ0n) is 17.7. The van der Waals surface area contributed by atoms with Crippen LogP contribution in [0.2, 0.25) is 0 Å². The summed E-state index contributed by atoms with van der Waals surface area (Å²) < 4.78 is 7.26. The maximum atomic E-state index is 13.7. The molecule has 1 saturated heterocycles. The third-order valence-electron chi connectivity index (χ3n) is 5.91. The van der Waals surface area contributed by atoms with Gasteiger partial charge in [0.2, 0.25) is 0 Å². The molecular weight excluding hydrogens is 406 g/mol. The van der Waals surface area contributed by atoms with Gasteiger partial charge in [0.1, 0.15) is 0 Å². The van der Waals surface area contributed by atoms with Crippen molar-refractivity contribution in [3.63, 3.8) is 0 Å². The van der Waals surface area contributed by atoms with Gasteiger partial charge in [0.25, 0.3) is 5.91 Å². The van der Waals surface area contributed by atoms with Gasteiger partial charge in [-0.2, -0.15) is 0 Å². The minimum atomic E-state index is -0.0935. The summed E-state index contributed by atoms with van der Waals surface area (Å²) in [7, 11) is 3.98. The Kier molecular flexibility index (Phi) is 5.44. The van der Waals surface area contributed by atoms with Crippen LogP contribution in [0.3, 0.4) is 0 Å². The Balaban J connectivity index is 1.51. The van der Waals surface area contributed by atoms with Crippen molar-refractivity contribution in [2.45, 2.75) is 12.6 Å². The summed E-state index contributed by atoms with van der Waals surface area (Å²) >= 11 is 1.57. The van der Waals surface area contributed by atoms with Crippen LogP contribution < -0.4 is 0 Å². The molecule has 158 valence electrons. The lowest BCUT2D eigenvalue weighted by molar-refractivity contribution is -0.0203. The predicted molar refractivity (Wildman–Crippen MR) is 126 cm³/mol. The van der Waals surface area contributed by atoms with Gasteiger partial charge in [-0.15, -0.1) is 11.3 Å². The number of hydrogen-bond acceptors (Lipinski definition) is 5. The molecule has 2 aromatic carbocycles. The van der Waals surface area contributed by atoms with E-state index >= 15 is 0 Å². The molecule has 0 spiro atoms. The predicted octanol–water partition coefficient (Wildman–Crippen LogP) is 4.72. The summed E-state index contributed by atoms with van der Waals surface area (Å²) in [6, 6.07) is 18.3. The van der Waals surface area contributed by atoms with E-state index in [4.69, 9.17) is 4.74 Å². The molecule has 0 N–H and O–H groups in total. The van der Waals surface area contributed by atoms with Crippen molar-refractivity contribution < 1.29 is 9.53 Å². The Morgan fingerprint density at radius 2 is 2.00 bits per heavy atom. The number of fused-ring (bicyclic) bond motifs is 2. The van der Waals surface area contributed by atoms with Crippen LogP contribution in [0.4, 0.5) is 0 Å². The first kappa shape index (κ1) is 20.1. The topological polar surface area (TPSA) is 45.7 Å². The van der Waals surface area contributed by atoms with Crippen LogP contribution in [-0.2, 0) is 11.3 Å². The molecule has 4 aromatic rings. The van der Waals surface area contributed by atoms with E-state index in [2.05, 4.69) is 41.2 Å². The molecule has 0 unspecified atom stereocenters. The largest absolute Gasteiger partial charge is 0.371 e. The van der Waals surface area contributed by atoms with Crippen molar-refractivity contribution >= 4 is 38.2 Å². The van der Waals surface area contributed by atoms with Gasteiger partial charge >= 0.3 is 0 Å². The number of carbonyl (C=O) groups excluding carboxylic acids is 1. The van der Waals surface area contributed by atoms with E-state index in [9.17, 15) is 4.79 Å². The van der Waals surface area contributed by atoms with Gasteiger partial charge in [0.15, 0.2) is 0 Å². The molecular formula is C25H25N3O2S. The first-order chi connectivity index (χ1) is 15.1. The molecule has 0 saturated carbocycles. The number of benzene rings is 2. The molecule has 3 heterocycles. The summed E-state index contributed by atoms with van der Waals surface area (Å²) in [5.41, 5.74) is 3.07. The molecule has 5 rings (SSSR count). The van der Waals surface area contributed by atoms with E-state index in [-0.39, 0.29) is 12.0 Å². The molecule has 1 aliphatic heterocycles. The van der Waals surface area contributed by atoms with Crippen LogP contribution in [0, 0.1) is 0 Å². The third-order valence-corrected chi connectivity index (χ3v) is 7.08. The Morgan fingerprint density at radius 3 is 2.87 bits per heavy atom. The lowest BCUT2D eigenvalue weighted by atomic mass is 10.0. The number of pyridine rings is 1. The lowest BCUT2D eigenvalue weighted by Crippen LogP contribution is -2.36. The van der Waals surface area contributed by atoms with Crippen molar-refractivity contribution in [2.75, 3.05) is 33.8 Å². The van der Waals surface area contributed by atoms with E-state index in [0.29, 0.717) is 13.2 Å². The van der Waals surface area contributed by atoms with Gasteiger partial charge in [0, 0.05) is 48.5 Å². The zero-order chi connectivity index (χ0) is 21.4. The first-order valence-corrected chi connectivity index (χ1v) is 11.3. The number of thiophene rings is 1. The van der Waals surface area contributed by atoms with Gasteiger partial charge in [-0.05, 0) is 36.2 Å². The molecule has 0 bridgehead atoms. The monoisotopic (exact) mass is 431 g/mol. The normalized spacial score (nSPS) is 17.3. The standard InChI is InChI=1S/C25H25N3O2S/c1-27-13-14-30-21(16-27)23-19-8-3-4-11-22(19)31-24(23)25(29)28(2)15-17-7-5-10-20-18(17)9-6-12-26-20/h3-12,21H,13-16H2,1-2H3/t21-/m0/s1. The van der Waals surface area contributed by atoms with Crippen LogP contribution >= 0.6 is 11.3 Å². The molecule has 1 fully saturated rings. The summed E-state index contributed by atoms with van der Waals surface area (Å²) in [6.07, 6.45) is 1.70. The highest BCUT2D eigenvalue weighted by atomic mass is 32.1. The van der Waals surface area contributed by atoms with E-state index in [1.54, 1.807) is 17.5 Å². The summed E-state index contributed by atoms with van der Waals surface area (Å²) in [6.45, 7) is 2.91. The molecule has 31 heavy (non-hydrogen) atoms. The number of aromatic nitrogens is 1. The van der Waals surface area contributed by atoms with E-state index in [1.807, 2.05) is 42.3 Å². The van der Waals surface area contributed by atoms with Crippen LogP contribution in [0.25, 0.3) is 21.0 Å². The summed E-state index contributed by atoms with van der Waals surface area (Å²) in [4.78, 5) is 22.9. The molecule has 0 aliphatic carbocycles. The Labute approximate surface area is 185 Å². The number of hydrogen-bond donors (Lipinski definition) is 0. The van der Waals surface area contributed by atoms with Crippen LogP contribution in [0.1, 0.15) is 26.9 Å². The minimum Gasteiger partial charge on any atom is -0.371 e. The fourth-order valence-electron chi connectivity index (χ4n) is 4.30. The van der Waals surface area contributed by atoms with Gasteiger partial charge in [-0.25, -0.2) is 0 Å². The Morgan fingerprint density at radius 1 is 1.16 bits per heavy atom. The van der Waals surface area contributed by atoms with Gasteiger partial charge in [-0.3, -0.25) is 9.78 Å². The molecule has 1 amide bonds. The van der Waals surface area contributed by atoms with Crippen LogP contribution in [-0.4, -0.2) is 54.5 Å². The van der Waals surface area contributed by atoms with Gasteiger partial charge in [0.05, 0.1) is 23.1 Å². The van der Waals surface area contributed by atoms with Gasteiger partial charge < -0.3 is 14.5 Å². The van der Waals surface area contributed by atoms with Crippen LogP contribution in [0.5, 0.6) is 0 Å². The number of rotatable bonds is 4. The average Bonchev–Trinajstić information content (AvgIpc) is 3.18. The number of nitrogens with zero attached hydrogens (tertiary/aromatic N) is 3. The number of morpholine rings is 1. The number of amides is 1. The molecule has 6 heteroatoms. The Bertz CT molecular complexity index is 1250. The summed E-state index contributed by atoms with van der Waals surface area (Å²) in [5.74, 6) is 0.0360.